The van der Waals surface area contributed by atoms with Crippen molar-refractivity contribution in [1.82, 2.24) is 4.31 Å². The number of hydrogen-bond acceptors (Lipinski definition) is 7. The highest BCUT2D eigenvalue weighted by Crippen LogP contribution is 2.29. The number of non-ortho nitro benzene ring substituents is 1. The highest BCUT2D eigenvalue weighted by Gasteiger charge is 2.30. The van der Waals surface area contributed by atoms with Gasteiger partial charge in [0.1, 0.15) is 4.90 Å². The topological polar surface area (TPSA) is 114 Å². The normalized spacial score (nSPS) is 15.9. The Labute approximate surface area is 169 Å². The third-order valence-electron chi connectivity index (χ3n) is 4.64. The van der Waals surface area contributed by atoms with E-state index < -0.39 is 14.9 Å². The fraction of sp³-hybridized carbons (Fsp3) is 0.316. The van der Waals surface area contributed by atoms with Crippen LogP contribution in [0.15, 0.2) is 52.5 Å². The Morgan fingerprint density at radius 2 is 1.90 bits per heavy atom. The summed E-state index contributed by atoms with van der Waals surface area (Å²) in [5, 5.41) is 15.5. The second-order valence-electron chi connectivity index (χ2n) is 6.58. The Balaban J connectivity index is 1.99. The van der Waals surface area contributed by atoms with Gasteiger partial charge < -0.3 is 4.74 Å². The quantitative estimate of drug-likeness (QED) is 0.438. The lowest BCUT2D eigenvalue weighted by atomic mass is 10.1. The van der Waals surface area contributed by atoms with Gasteiger partial charge in [0.2, 0.25) is 10.0 Å². The van der Waals surface area contributed by atoms with Crippen molar-refractivity contribution in [2.24, 2.45) is 5.10 Å². The van der Waals surface area contributed by atoms with Gasteiger partial charge in [-0.25, -0.2) is 8.42 Å². The van der Waals surface area contributed by atoms with Crippen molar-refractivity contribution in [3.8, 4) is 0 Å². The van der Waals surface area contributed by atoms with E-state index in [9.17, 15) is 18.5 Å². The van der Waals surface area contributed by atoms with Gasteiger partial charge in [-0.2, -0.15) is 9.41 Å². The molecule has 2 aromatic rings. The van der Waals surface area contributed by atoms with Crippen molar-refractivity contribution < 1.29 is 18.1 Å². The lowest BCUT2D eigenvalue weighted by Gasteiger charge is -2.26. The Morgan fingerprint density at radius 1 is 1.21 bits per heavy atom. The number of aryl methyl sites for hydroxylation is 1. The van der Waals surface area contributed by atoms with Crippen LogP contribution in [0, 0.1) is 17.0 Å². The van der Waals surface area contributed by atoms with Crippen LogP contribution in [-0.2, 0) is 14.8 Å². The summed E-state index contributed by atoms with van der Waals surface area (Å²) in [5.74, 6) is 0. The number of nitrogens with one attached hydrogen (secondary N) is 1. The lowest BCUT2D eigenvalue weighted by Crippen LogP contribution is -2.40. The first-order valence-electron chi connectivity index (χ1n) is 9.03. The minimum Gasteiger partial charge on any atom is -0.379 e. The molecule has 154 valence electrons. The molecule has 10 heteroatoms. The van der Waals surface area contributed by atoms with Gasteiger partial charge in [0.15, 0.2) is 0 Å². The number of morpholine rings is 1. The molecule has 1 N–H and O–H groups in total. The molecule has 1 saturated heterocycles. The number of sulfonamides is 1. The fourth-order valence-corrected chi connectivity index (χ4v) is 4.61. The molecule has 0 spiro atoms. The number of anilines is 1. The summed E-state index contributed by atoms with van der Waals surface area (Å²) in [6.45, 7) is 4.69. The summed E-state index contributed by atoms with van der Waals surface area (Å²) in [7, 11) is -3.95. The minimum absolute atomic E-state index is 0.176. The number of ether oxygens (including phenoxy) is 1. The van der Waals surface area contributed by atoms with Crippen LogP contribution in [0.1, 0.15) is 18.1 Å². The Kier molecular flexibility index (Phi) is 6.26. The average Bonchev–Trinajstić information content (AvgIpc) is 2.72. The van der Waals surface area contributed by atoms with Crippen LogP contribution in [0.3, 0.4) is 0 Å². The first kappa shape index (κ1) is 20.9. The number of benzene rings is 2. The van der Waals surface area contributed by atoms with Crippen molar-refractivity contribution in [1.29, 1.82) is 0 Å². The minimum atomic E-state index is -3.95. The lowest BCUT2D eigenvalue weighted by molar-refractivity contribution is -0.385. The van der Waals surface area contributed by atoms with E-state index in [1.807, 2.05) is 31.2 Å². The maximum absolute atomic E-state index is 13.1. The van der Waals surface area contributed by atoms with Crippen LogP contribution in [-0.4, -0.2) is 49.7 Å². The molecule has 0 amide bonds. The molecule has 1 aliphatic rings. The SMILES string of the molecule is C/C(=N/Nc1ccc([N+](=O)[O-])cc1S(=O)(=O)N1CCOCC1)c1ccccc1C. The fourth-order valence-electron chi connectivity index (χ4n) is 3.04. The summed E-state index contributed by atoms with van der Waals surface area (Å²) in [6.07, 6.45) is 0. The number of nitro groups is 1. The van der Waals surface area contributed by atoms with Gasteiger partial charge in [0.05, 0.1) is 29.5 Å². The summed E-state index contributed by atoms with van der Waals surface area (Å²) in [6, 6.07) is 11.3. The molecule has 0 radical (unpaired) electrons. The van der Waals surface area contributed by atoms with Gasteiger partial charge >= 0.3 is 0 Å². The van der Waals surface area contributed by atoms with Crippen LogP contribution in [0.4, 0.5) is 11.4 Å². The van der Waals surface area contributed by atoms with Gasteiger partial charge in [0, 0.05) is 30.8 Å². The first-order chi connectivity index (χ1) is 13.8. The van der Waals surface area contributed by atoms with E-state index in [4.69, 9.17) is 4.74 Å². The molecule has 1 fully saturated rings. The largest absolute Gasteiger partial charge is 0.379 e. The average molecular weight is 418 g/mol. The smallest absolute Gasteiger partial charge is 0.270 e. The monoisotopic (exact) mass is 418 g/mol. The highest BCUT2D eigenvalue weighted by molar-refractivity contribution is 7.89. The van der Waals surface area contributed by atoms with E-state index in [0.29, 0.717) is 5.71 Å². The summed E-state index contributed by atoms with van der Waals surface area (Å²) in [5.41, 5.74) is 5.26. The molecule has 2 aromatic carbocycles. The molecule has 3 rings (SSSR count). The van der Waals surface area contributed by atoms with Gasteiger partial charge in [-0.1, -0.05) is 24.3 Å². The molecular weight excluding hydrogens is 396 g/mol. The Hall–Kier alpha value is -2.82. The first-order valence-corrected chi connectivity index (χ1v) is 10.5. The van der Waals surface area contributed by atoms with Crippen molar-refractivity contribution >= 4 is 27.1 Å². The van der Waals surface area contributed by atoms with Crippen LogP contribution in [0.2, 0.25) is 0 Å². The number of hydrazone groups is 1. The van der Waals surface area contributed by atoms with Crippen LogP contribution < -0.4 is 5.43 Å². The maximum atomic E-state index is 13.1. The maximum Gasteiger partial charge on any atom is 0.270 e. The van der Waals surface area contributed by atoms with Crippen molar-refractivity contribution in [3.05, 3.63) is 63.7 Å². The van der Waals surface area contributed by atoms with Gasteiger partial charge in [-0.3, -0.25) is 15.5 Å². The number of nitro benzene ring substituents is 1. The zero-order valence-corrected chi connectivity index (χ0v) is 17.0. The van der Waals surface area contributed by atoms with E-state index >= 15 is 0 Å². The number of nitrogens with zero attached hydrogens (tertiary/aromatic N) is 3. The zero-order chi connectivity index (χ0) is 21.0. The molecule has 0 bridgehead atoms. The van der Waals surface area contributed by atoms with E-state index in [2.05, 4.69) is 10.5 Å². The van der Waals surface area contributed by atoms with E-state index in [0.717, 1.165) is 17.2 Å². The van der Waals surface area contributed by atoms with Crippen molar-refractivity contribution in [2.75, 3.05) is 31.7 Å². The van der Waals surface area contributed by atoms with Crippen LogP contribution in [0.5, 0.6) is 0 Å². The molecular formula is C19H22N4O5S. The predicted molar refractivity (Wildman–Crippen MR) is 110 cm³/mol. The third-order valence-corrected chi connectivity index (χ3v) is 6.58. The Morgan fingerprint density at radius 3 is 2.55 bits per heavy atom. The second-order valence-corrected chi connectivity index (χ2v) is 8.48. The van der Waals surface area contributed by atoms with Gasteiger partial charge in [0.25, 0.3) is 5.69 Å². The highest BCUT2D eigenvalue weighted by atomic mass is 32.2. The Bertz CT molecular complexity index is 1050. The van der Waals surface area contributed by atoms with Crippen molar-refractivity contribution in [2.45, 2.75) is 18.7 Å². The summed E-state index contributed by atoms with van der Waals surface area (Å²) < 4.78 is 32.7. The molecule has 1 heterocycles. The number of hydrogen-bond donors (Lipinski definition) is 1. The molecule has 29 heavy (non-hydrogen) atoms. The molecule has 0 aromatic heterocycles. The second kappa shape index (κ2) is 8.68. The molecule has 9 nitrogen and oxygen atoms in total. The molecule has 0 aliphatic carbocycles. The summed E-state index contributed by atoms with van der Waals surface area (Å²) >= 11 is 0. The van der Waals surface area contributed by atoms with Crippen molar-refractivity contribution in [3.63, 3.8) is 0 Å². The van der Waals surface area contributed by atoms with Gasteiger partial charge in [-0.05, 0) is 25.5 Å². The predicted octanol–water partition coefficient (Wildman–Crippen LogP) is 2.76. The van der Waals surface area contributed by atoms with E-state index in [1.54, 1.807) is 6.92 Å². The molecule has 0 unspecified atom stereocenters. The number of rotatable bonds is 6. The van der Waals surface area contributed by atoms with E-state index in [-0.39, 0.29) is 42.6 Å². The standard InChI is InChI=1S/C19H22N4O5S/c1-14-5-3-4-6-17(14)15(2)20-21-18-8-7-16(23(24)25)13-19(18)29(26,27)22-9-11-28-12-10-22/h3-8,13,21H,9-12H2,1-2H3/b20-15-. The molecule has 1 aliphatic heterocycles. The van der Waals surface area contributed by atoms with Crippen LogP contribution in [0.25, 0.3) is 0 Å². The molecule has 0 saturated carbocycles. The molecule has 0 atom stereocenters. The van der Waals surface area contributed by atoms with E-state index in [1.165, 1.54) is 16.4 Å². The van der Waals surface area contributed by atoms with Crippen LogP contribution >= 0.6 is 0 Å². The summed E-state index contributed by atoms with van der Waals surface area (Å²) in [4.78, 5) is 10.4. The zero-order valence-electron chi connectivity index (χ0n) is 16.2. The van der Waals surface area contributed by atoms with Gasteiger partial charge in [-0.15, -0.1) is 0 Å². The third kappa shape index (κ3) is 4.61.